The maximum Gasteiger partial charge on any atom is 0.277 e. The highest BCUT2D eigenvalue weighted by Crippen LogP contribution is 2.55. The molecule has 3 aliphatic rings. The van der Waals surface area contributed by atoms with Crippen LogP contribution in [0.1, 0.15) is 151 Å². The van der Waals surface area contributed by atoms with Crippen molar-refractivity contribution in [3.8, 4) is 0 Å². The first-order valence-electron chi connectivity index (χ1n) is 22.9. The molecule has 0 unspecified atom stereocenters. The molecule has 0 N–H and O–H groups in total. The van der Waals surface area contributed by atoms with Crippen LogP contribution in [0.5, 0.6) is 0 Å². The Balaban J connectivity index is 1.38. The third kappa shape index (κ3) is 6.29. The Labute approximate surface area is 380 Å². The Morgan fingerprint density at radius 3 is 1.40 bits per heavy atom. The highest BCUT2D eigenvalue weighted by Gasteiger charge is 2.49. The van der Waals surface area contributed by atoms with Crippen molar-refractivity contribution in [2.45, 2.75) is 150 Å². The van der Waals surface area contributed by atoms with Gasteiger partial charge in [0.05, 0.1) is 11.4 Å². The van der Waals surface area contributed by atoms with Crippen molar-refractivity contribution in [3.63, 3.8) is 0 Å². The summed E-state index contributed by atoms with van der Waals surface area (Å²) in [6.07, 6.45) is 1.14. The number of hydrogen-bond donors (Lipinski definition) is 0. The van der Waals surface area contributed by atoms with E-state index < -0.39 is 0 Å². The molecule has 0 spiro atoms. The van der Waals surface area contributed by atoms with Crippen molar-refractivity contribution in [1.82, 2.24) is 0 Å². The van der Waals surface area contributed by atoms with Crippen LogP contribution in [-0.2, 0) is 32.5 Å². The lowest BCUT2D eigenvalue weighted by Gasteiger charge is -2.43. The van der Waals surface area contributed by atoms with Crippen molar-refractivity contribution in [2.75, 3.05) is 9.80 Å². The molecule has 0 atom stereocenters. The number of fused-ring (bicyclic) bond motifs is 9. The second-order valence-electron chi connectivity index (χ2n) is 24.3. The van der Waals surface area contributed by atoms with E-state index in [2.05, 4.69) is 212 Å². The van der Waals surface area contributed by atoms with Gasteiger partial charge >= 0.3 is 0 Å². The van der Waals surface area contributed by atoms with Crippen LogP contribution >= 0.6 is 22.7 Å². The zero-order chi connectivity index (χ0) is 44.4. The Bertz CT molecular complexity index is 3000. The maximum atomic E-state index is 2.71. The predicted octanol–water partition coefficient (Wildman–Crippen LogP) is 15.3. The molecule has 5 aromatic carbocycles. The molecule has 0 amide bonds. The summed E-state index contributed by atoms with van der Waals surface area (Å²) in [4.78, 5) is 5.40. The normalized spacial score (nSPS) is 16.8. The van der Waals surface area contributed by atoms with E-state index in [0.717, 1.165) is 6.42 Å². The fraction of sp³-hybridized carbons (Fsp3) is 0.404. The van der Waals surface area contributed by atoms with Crippen molar-refractivity contribution in [2.24, 2.45) is 0 Å². The van der Waals surface area contributed by atoms with Crippen molar-refractivity contribution >= 4 is 98.7 Å². The highest BCUT2D eigenvalue weighted by molar-refractivity contribution is 7.40. The van der Waals surface area contributed by atoms with Gasteiger partial charge in [0.2, 0.25) is 0 Å². The van der Waals surface area contributed by atoms with Crippen molar-refractivity contribution < 1.29 is 0 Å². The van der Waals surface area contributed by atoms with E-state index >= 15 is 0 Å². The molecule has 0 saturated carbocycles. The molecule has 62 heavy (non-hydrogen) atoms. The monoisotopic (exact) mass is 852 g/mol. The summed E-state index contributed by atoms with van der Waals surface area (Å²) in [7, 11) is 0. The van der Waals surface area contributed by atoms with Crippen LogP contribution in [0.2, 0.25) is 0 Å². The van der Waals surface area contributed by atoms with Crippen LogP contribution < -0.4 is 24.8 Å². The molecule has 10 rings (SSSR count). The minimum absolute atomic E-state index is 0.00452. The molecule has 2 aromatic heterocycles. The fourth-order valence-corrected chi connectivity index (χ4v) is 13.8. The lowest BCUT2D eigenvalue weighted by molar-refractivity contribution is 0.403. The first-order chi connectivity index (χ1) is 28.7. The molecule has 5 heteroatoms. The number of hydrogen-bond acceptors (Lipinski definition) is 4. The number of rotatable bonds is 2. The fourth-order valence-electron chi connectivity index (χ4n) is 11.1. The predicted molar refractivity (Wildman–Crippen MR) is 277 cm³/mol. The lowest BCUT2D eigenvalue weighted by Crippen LogP contribution is -2.59. The first-order valence-corrected chi connectivity index (χ1v) is 24.6. The molecule has 7 aromatic rings. The van der Waals surface area contributed by atoms with E-state index in [-0.39, 0.29) is 39.2 Å². The molecule has 0 fully saturated rings. The third-order valence-corrected chi connectivity index (χ3v) is 16.9. The second kappa shape index (κ2) is 13.1. The molecule has 1 aliphatic carbocycles. The van der Waals surface area contributed by atoms with Gasteiger partial charge in [-0.25, -0.2) is 0 Å². The minimum atomic E-state index is -0.0949. The van der Waals surface area contributed by atoms with Gasteiger partial charge in [0.1, 0.15) is 0 Å². The average molecular weight is 853 g/mol. The SMILES string of the molecule is CC(C)(C)c1cccc(N2c3cc(C(C)(C)C)cc4c3B(c3sc5ccc(C(C)(C)C)cc5c32)c2sc3ccc(C(C)(C)C)cc3c2N4c2ccc3c(c2)C(C)(C)CC3(C)C)c1. The average Bonchev–Trinajstić information content (AvgIpc) is 3.79. The Hall–Kier alpha value is -4.32. The van der Waals surface area contributed by atoms with Crippen molar-refractivity contribution in [1.29, 1.82) is 0 Å². The van der Waals surface area contributed by atoms with Crippen LogP contribution in [0.4, 0.5) is 34.1 Å². The van der Waals surface area contributed by atoms with Gasteiger partial charge in [0, 0.05) is 52.5 Å². The molecular formula is C57H65BN2S2. The summed E-state index contributed by atoms with van der Waals surface area (Å²) in [6.45, 7) is 38.2. The van der Waals surface area contributed by atoms with E-state index in [9.17, 15) is 0 Å². The minimum Gasteiger partial charge on any atom is -0.310 e. The number of anilines is 6. The molecule has 2 nitrogen and oxygen atoms in total. The van der Waals surface area contributed by atoms with Crippen molar-refractivity contribution in [3.05, 3.63) is 124 Å². The van der Waals surface area contributed by atoms with E-state index in [1.165, 1.54) is 103 Å². The van der Waals surface area contributed by atoms with Gasteiger partial charge < -0.3 is 9.80 Å². The van der Waals surface area contributed by atoms with Crippen LogP contribution in [0.3, 0.4) is 0 Å². The molecule has 4 heterocycles. The van der Waals surface area contributed by atoms with Gasteiger partial charge in [-0.05, 0) is 138 Å². The molecule has 0 saturated heterocycles. The summed E-state index contributed by atoms with van der Waals surface area (Å²) in [5.41, 5.74) is 17.8. The largest absolute Gasteiger partial charge is 0.310 e. The summed E-state index contributed by atoms with van der Waals surface area (Å²) >= 11 is 4.04. The van der Waals surface area contributed by atoms with E-state index in [1.807, 2.05) is 22.7 Å². The highest BCUT2D eigenvalue weighted by atomic mass is 32.1. The number of nitrogens with zero attached hydrogens (tertiary/aromatic N) is 2. The number of thiophene rings is 2. The Morgan fingerprint density at radius 2 is 0.919 bits per heavy atom. The van der Waals surface area contributed by atoms with Gasteiger partial charge in [-0.2, -0.15) is 0 Å². The molecule has 0 radical (unpaired) electrons. The standard InChI is InChI=1S/C57H65BN2S2/c1-52(2,3)33-18-17-19-37(26-33)59-43-29-36(55(10,11)12)30-44-47(43)58(50-48(59)39-27-34(53(4,5)6)20-24-45(39)61-50)51-49(40-28-35(54(7,8)9)21-25-46(40)62-51)60(44)38-22-23-41-42(31-38)57(15,16)32-56(41,13)14/h17-31H,32H2,1-16H3. The van der Waals surface area contributed by atoms with E-state index in [0.29, 0.717) is 0 Å². The molecular weight excluding hydrogens is 788 g/mol. The van der Waals surface area contributed by atoms with Gasteiger partial charge in [-0.1, -0.05) is 141 Å². The summed E-state index contributed by atoms with van der Waals surface area (Å²) < 4.78 is 5.62. The lowest BCUT2D eigenvalue weighted by atomic mass is 9.39. The molecule has 318 valence electrons. The van der Waals surface area contributed by atoms with Crippen LogP contribution in [0, 0.1) is 0 Å². The summed E-state index contributed by atoms with van der Waals surface area (Å²) in [6, 6.07) is 36.7. The maximum absolute atomic E-state index is 2.71. The van der Waals surface area contributed by atoms with Crippen LogP contribution in [0.15, 0.2) is 91.0 Å². The second-order valence-corrected chi connectivity index (χ2v) is 26.5. The quantitative estimate of drug-likeness (QED) is 0.160. The van der Waals surface area contributed by atoms with E-state index in [1.54, 1.807) is 0 Å². The summed E-state index contributed by atoms with van der Waals surface area (Å²) in [5, 5.41) is 2.72. The van der Waals surface area contributed by atoms with Gasteiger partial charge in [-0.3, -0.25) is 0 Å². The molecule has 2 aliphatic heterocycles. The Kier molecular flexibility index (Phi) is 8.83. The Morgan fingerprint density at radius 1 is 0.468 bits per heavy atom. The van der Waals surface area contributed by atoms with Gasteiger partial charge in [0.15, 0.2) is 0 Å². The van der Waals surface area contributed by atoms with Gasteiger partial charge in [0.25, 0.3) is 6.71 Å². The molecule has 0 bridgehead atoms. The smallest absolute Gasteiger partial charge is 0.277 e. The first kappa shape index (κ1) is 41.7. The van der Waals surface area contributed by atoms with Crippen LogP contribution in [0.25, 0.3) is 20.2 Å². The number of benzene rings is 5. The summed E-state index contributed by atoms with van der Waals surface area (Å²) in [5.74, 6) is 0. The van der Waals surface area contributed by atoms with E-state index in [4.69, 9.17) is 0 Å². The third-order valence-electron chi connectivity index (χ3n) is 14.4. The zero-order valence-corrected chi connectivity index (χ0v) is 41.8. The topological polar surface area (TPSA) is 6.48 Å². The van der Waals surface area contributed by atoms with Gasteiger partial charge in [-0.15, -0.1) is 22.7 Å². The zero-order valence-electron chi connectivity index (χ0n) is 40.2. The van der Waals surface area contributed by atoms with Crippen LogP contribution in [-0.4, -0.2) is 6.71 Å².